The van der Waals surface area contributed by atoms with E-state index in [1.54, 1.807) is 41.7 Å². The van der Waals surface area contributed by atoms with Crippen LogP contribution < -0.4 is 15.5 Å². The van der Waals surface area contributed by atoms with Crippen LogP contribution in [0.25, 0.3) is 0 Å². The summed E-state index contributed by atoms with van der Waals surface area (Å²) in [6, 6.07) is 5.07. The van der Waals surface area contributed by atoms with Crippen LogP contribution in [0.3, 0.4) is 0 Å². The fraction of sp³-hybridized carbons (Fsp3) is 0.350. The summed E-state index contributed by atoms with van der Waals surface area (Å²) in [6.45, 7) is 4.22. The van der Waals surface area contributed by atoms with Crippen LogP contribution >= 0.6 is 46.7 Å². The molecule has 0 amide bonds. The molecule has 4 rings (SSSR count). The molecule has 2 aromatic rings. The molecule has 0 aliphatic carbocycles. The van der Waals surface area contributed by atoms with Crippen LogP contribution in [0.4, 0.5) is 5.82 Å². The molecule has 2 aliphatic heterocycles. The summed E-state index contributed by atoms with van der Waals surface area (Å²) in [4.78, 5) is 14.2. The van der Waals surface area contributed by atoms with E-state index in [4.69, 9.17) is 42.9 Å². The molecule has 164 valence electrons. The minimum atomic E-state index is -0.0608. The van der Waals surface area contributed by atoms with E-state index < -0.39 is 0 Å². The predicted octanol–water partition coefficient (Wildman–Crippen LogP) is 5.61. The molecule has 0 saturated carbocycles. The summed E-state index contributed by atoms with van der Waals surface area (Å²) >= 11 is 15.4. The lowest BCUT2D eigenvalue weighted by Gasteiger charge is -2.34. The molecule has 7 nitrogen and oxygen atoms in total. The highest BCUT2D eigenvalue weighted by Gasteiger charge is 2.36. The fourth-order valence-corrected chi connectivity index (χ4v) is 5.09. The van der Waals surface area contributed by atoms with Crippen molar-refractivity contribution in [3.63, 3.8) is 0 Å². The van der Waals surface area contributed by atoms with E-state index in [9.17, 15) is 0 Å². The second-order valence-electron chi connectivity index (χ2n) is 6.87. The van der Waals surface area contributed by atoms with Gasteiger partial charge >= 0.3 is 0 Å². The van der Waals surface area contributed by atoms with Crippen molar-refractivity contribution in [2.24, 2.45) is 4.99 Å². The number of ether oxygens (including phenoxy) is 1. The van der Waals surface area contributed by atoms with E-state index in [2.05, 4.69) is 17.7 Å². The molecule has 0 radical (unpaired) electrons. The van der Waals surface area contributed by atoms with E-state index in [0.29, 0.717) is 21.6 Å². The number of nitrogens with zero attached hydrogens (tertiary/aromatic N) is 4. The third-order valence-electron chi connectivity index (χ3n) is 4.62. The number of thioether (sulfide) groups is 2. The summed E-state index contributed by atoms with van der Waals surface area (Å²) in [6.07, 6.45) is 5.77. The zero-order valence-corrected chi connectivity index (χ0v) is 20.4. The van der Waals surface area contributed by atoms with Crippen LogP contribution in [0.5, 0.6) is 5.75 Å². The van der Waals surface area contributed by atoms with Crippen molar-refractivity contribution in [3.8, 4) is 5.75 Å². The monoisotopic (exact) mass is 496 g/mol. The van der Waals surface area contributed by atoms with Gasteiger partial charge in [0.2, 0.25) is 0 Å². The van der Waals surface area contributed by atoms with E-state index >= 15 is 0 Å². The molecule has 2 N–H and O–H groups in total. The van der Waals surface area contributed by atoms with Crippen molar-refractivity contribution in [1.29, 1.82) is 0 Å². The number of nitrogens with one attached hydrogen (secondary N) is 2. The largest absolute Gasteiger partial charge is 0.460 e. The Morgan fingerprint density at radius 3 is 2.87 bits per heavy atom. The van der Waals surface area contributed by atoms with Crippen LogP contribution in [0, 0.1) is 0 Å². The topological polar surface area (TPSA) is 74.7 Å². The normalized spacial score (nSPS) is 18.2. The van der Waals surface area contributed by atoms with Crippen molar-refractivity contribution in [2.45, 2.75) is 43.0 Å². The molecule has 1 aromatic heterocycles. The van der Waals surface area contributed by atoms with Gasteiger partial charge in [0.15, 0.2) is 16.8 Å². The Morgan fingerprint density at radius 2 is 2.13 bits per heavy atom. The predicted molar refractivity (Wildman–Crippen MR) is 129 cm³/mol. The Hall–Kier alpha value is -1.81. The lowest BCUT2D eigenvalue weighted by Crippen LogP contribution is -2.51. The molecule has 1 aromatic carbocycles. The Bertz CT molecular complexity index is 1050. The van der Waals surface area contributed by atoms with E-state index in [1.165, 1.54) is 6.26 Å². The summed E-state index contributed by atoms with van der Waals surface area (Å²) in [5.74, 6) is 3.61. The van der Waals surface area contributed by atoms with Gasteiger partial charge in [-0.3, -0.25) is 5.43 Å². The van der Waals surface area contributed by atoms with Gasteiger partial charge in [-0.1, -0.05) is 48.3 Å². The fourth-order valence-electron chi connectivity index (χ4n) is 3.08. The molecule has 1 atom stereocenters. The average molecular weight is 497 g/mol. The van der Waals surface area contributed by atoms with Gasteiger partial charge in [-0.05, 0) is 37.8 Å². The minimum absolute atomic E-state index is 0.0608. The molecule has 0 fully saturated rings. The van der Waals surface area contributed by atoms with Crippen molar-refractivity contribution in [2.75, 3.05) is 17.3 Å². The highest BCUT2D eigenvalue weighted by atomic mass is 35.5. The van der Waals surface area contributed by atoms with Crippen molar-refractivity contribution < 1.29 is 4.74 Å². The highest BCUT2D eigenvalue weighted by Crippen LogP contribution is 2.35. The van der Waals surface area contributed by atoms with Gasteiger partial charge < -0.3 is 10.1 Å². The van der Waals surface area contributed by atoms with Crippen LogP contribution in [-0.2, 0) is 0 Å². The molecule has 31 heavy (non-hydrogen) atoms. The van der Waals surface area contributed by atoms with Crippen LogP contribution in [-0.4, -0.2) is 39.0 Å². The second-order valence-corrected chi connectivity index (χ2v) is 9.57. The summed E-state index contributed by atoms with van der Waals surface area (Å²) < 4.78 is 5.73. The minimum Gasteiger partial charge on any atom is -0.460 e. The Balaban J connectivity index is 1.63. The van der Waals surface area contributed by atoms with Gasteiger partial charge in [0.05, 0.1) is 10.6 Å². The number of fused-ring (bicyclic) bond motifs is 3. The zero-order chi connectivity index (χ0) is 22.0. The number of rotatable bonds is 7. The van der Waals surface area contributed by atoms with Gasteiger partial charge in [-0.2, -0.15) is 0 Å². The van der Waals surface area contributed by atoms with Gasteiger partial charge in [-0.15, -0.1) is 11.8 Å². The first-order chi connectivity index (χ1) is 15.0. The molecule has 3 heterocycles. The number of hydrogen-bond donors (Lipinski definition) is 2. The number of anilines is 1. The summed E-state index contributed by atoms with van der Waals surface area (Å²) in [5, 5.41) is 8.04. The number of hydrazine groups is 1. The second kappa shape index (κ2) is 9.77. The number of amidine groups is 1. The number of aliphatic imine (C=N–C) groups is 1. The summed E-state index contributed by atoms with van der Waals surface area (Å²) in [5.41, 5.74) is 4.14. The van der Waals surface area contributed by atoms with E-state index in [1.807, 2.05) is 18.2 Å². The summed E-state index contributed by atoms with van der Waals surface area (Å²) in [7, 11) is 0. The molecular weight excluding hydrogens is 475 g/mol. The number of unbranched alkanes of at least 4 members (excludes halogenated alkanes) is 1. The first-order valence-corrected chi connectivity index (χ1v) is 12.8. The first-order valence-electron chi connectivity index (χ1n) is 9.82. The van der Waals surface area contributed by atoms with Crippen molar-refractivity contribution in [1.82, 2.24) is 20.4 Å². The van der Waals surface area contributed by atoms with Gasteiger partial charge in [0, 0.05) is 10.8 Å². The van der Waals surface area contributed by atoms with Crippen LogP contribution in [0.15, 0.2) is 45.5 Å². The van der Waals surface area contributed by atoms with Gasteiger partial charge in [0.25, 0.3) is 0 Å². The van der Waals surface area contributed by atoms with Crippen LogP contribution in [0.2, 0.25) is 10.0 Å². The molecule has 0 bridgehead atoms. The maximum atomic E-state index is 6.19. The zero-order valence-electron chi connectivity index (χ0n) is 17.3. The lowest BCUT2D eigenvalue weighted by molar-refractivity contribution is 0.298. The highest BCUT2D eigenvalue weighted by molar-refractivity contribution is 7.99. The third-order valence-corrected chi connectivity index (χ3v) is 6.76. The smallest absolute Gasteiger partial charge is 0.190 e. The molecule has 0 spiro atoms. The van der Waals surface area contributed by atoms with E-state index in [-0.39, 0.29) is 6.17 Å². The maximum absolute atomic E-state index is 6.19. The molecule has 0 saturated heterocycles. The maximum Gasteiger partial charge on any atom is 0.190 e. The standard InChI is InChI=1S/C20H22Cl2N6OS2/c1-4-5-8-31-20-25-17-16(19(26-20)30-3)18-24-15(27-28(18)11(2)23-17)10-29-14-7-6-12(21)9-13(14)22/h6-7,9-11,27H,4-5,8H2,1-3H3,(H,23,25,26). The first kappa shape index (κ1) is 22.4. The molecule has 11 heteroatoms. The van der Waals surface area contributed by atoms with Crippen molar-refractivity contribution >= 4 is 58.4 Å². The van der Waals surface area contributed by atoms with Gasteiger partial charge in [-0.25, -0.2) is 20.0 Å². The van der Waals surface area contributed by atoms with Crippen molar-refractivity contribution in [3.05, 3.63) is 45.9 Å². The number of halogens is 2. The average Bonchev–Trinajstić information content (AvgIpc) is 3.17. The Kier molecular flexibility index (Phi) is 7.05. The number of hydrogen-bond acceptors (Lipinski definition) is 9. The Labute approximate surface area is 200 Å². The van der Waals surface area contributed by atoms with E-state index in [0.717, 1.165) is 46.0 Å². The van der Waals surface area contributed by atoms with Crippen LogP contribution in [0.1, 0.15) is 32.3 Å². The molecule has 1 unspecified atom stereocenters. The SMILES string of the molecule is CCCCSc1nc2c(c(SC)n1)C1=NC(=COc3ccc(Cl)cc3Cl)NN1C(C)N2. The number of aromatic nitrogens is 2. The molecular formula is C20H22Cl2N6OS2. The quantitative estimate of drug-likeness (QED) is 0.168. The Morgan fingerprint density at radius 1 is 1.29 bits per heavy atom. The molecule has 2 aliphatic rings. The van der Waals surface area contributed by atoms with Gasteiger partial charge in [0.1, 0.15) is 29.0 Å². The third kappa shape index (κ3) is 4.84. The number of benzene rings is 1. The lowest BCUT2D eigenvalue weighted by atomic mass is 10.2.